The Morgan fingerprint density at radius 2 is 2.07 bits per heavy atom. The second kappa shape index (κ2) is 3.55. The molecule has 2 aromatic heterocycles. The lowest BCUT2D eigenvalue weighted by molar-refractivity contribution is 0.521. The van der Waals surface area contributed by atoms with Gasteiger partial charge in [0.05, 0.1) is 0 Å². The van der Waals surface area contributed by atoms with E-state index < -0.39 is 0 Å². The third-order valence-corrected chi connectivity index (χ3v) is 1.79. The van der Waals surface area contributed by atoms with Crippen LogP contribution in [0.15, 0.2) is 23.1 Å². The molecule has 0 bridgehead atoms. The van der Waals surface area contributed by atoms with Crippen molar-refractivity contribution in [2.75, 3.05) is 0 Å². The SMILES string of the molecule is Cc1nc(-c2ncc(CN)cn2)co1. The van der Waals surface area contributed by atoms with Gasteiger partial charge in [-0.3, -0.25) is 0 Å². The largest absolute Gasteiger partial charge is 0.449 e. The van der Waals surface area contributed by atoms with Crippen molar-refractivity contribution in [1.29, 1.82) is 0 Å². The molecule has 0 aliphatic rings. The van der Waals surface area contributed by atoms with Crippen LogP contribution in [0, 0.1) is 6.92 Å². The first kappa shape index (κ1) is 8.83. The smallest absolute Gasteiger partial charge is 0.191 e. The van der Waals surface area contributed by atoms with Crippen molar-refractivity contribution < 1.29 is 4.42 Å². The molecule has 72 valence electrons. The van der Waals surface area contributed by atoms with Crippen molar-refractivity contribution in [3.05, 3.63) is 30.1 Å². The van der Waals surface area contributed by atoms with Gasteiger partial charge >= 0.3 is 0 Å². The van der Waals surface area contributed by atoms with E-state index in [0.717, 1.165) is 5.56 Å². The second-order valence-electron chi connectivity index (χ2n) is 2.87. The summed E-state index contributed by atoms with van der Waals surface area (Å²) >= 11 is 0. The molecule has 0 spiro atoms. The number of nitrogens with two attached hydrogens (primary N) is 1. The van der Waals surface area contributed by atoms with Gasteiger partial charge in [-0.05, 0) is 0 Å². The summed E-state index contributed by atoms with van der Waals surface area (Å²) < 4.78 is 5.06. The number of oxazole rings is 1. The fourth-order valence-corrected chi connectivity index (χ4v) is 1.06. The first-order valence-corrected chi connectivity index (χ1v) is 4.23. The first-order chi connectivity index (χ1) is 6.79. The average molecular weight is 190 g/mol. The highest BCUT2D eigenvalue weighted by molar-refractivity contribution is 5.46. The summed E-state index contributed by atoms with van der Waals surface area (Å²) in [5.41, 5.74) is 6.97. The number of hydrogen-bond acceptors (Lipinski definition) is 5. The van der Waals surface area contributed by atoms with Gasteiger partial charge in [0.25, 0.3) is 0 Å². The van der Waals surface area contributed by atoms with E-state index in [2.05, 4.69) is 15.0 Å². The van der Waals surface area contributed by atoms with E-state index in [9.17, 15) is 0 Å². The van der Waals surface area contributed by atoms with E-state index in [0.29, 0.717) is 24.0 Å². The van der Waals surface area contributed by atoms with E-state index in [1.165, 1.54) is 6.26 Å². The molecule has 0 amide bonds. The molecule has 5 heteroatoms. The zero-order valence-electron chi connectivity index (χ0n) is 7.77. The molecule has 0 unspecified atom stereocenters. The van der Waals surface area contributed by atoms with Gasteiger partial charge in [0.2, 0.25) is 0 Å². The zero-order valence-corrected chi connectivity index (χ0v) is 7.77. The monoisotopic (exact) mass is 190 g/mol. The van der Waals surface area contributed by atoms with Gasteiger partial charge in [0.1, 0.15) is 12.0 Å². The van der Waals surface area contributed by atoms with Gasteiger partial charge in [-0.1, -0.05) is 0 Å². The Labute approximate surface area is 81.0 Å². The Hall–Kier alpha value is -1.75. The van der Waals surface area contributed by atoms with E-state index in [1.54, 1.807) is 19.3 Å². The average Bonchev–Trinajstić information content (AvgIpc) is 2.65. The summed E-state index contributed by atoms with van der Waals surface area (Å²) in [6, 6.07) is 0. The van der Waals surface area contributed by atoms with Crippen molar-refractivity contribution in [2.24, 2.45) is 5.73 Å². The highest BCUT2D eigenvalue weighted by Crippen LogP contribution is 2.12. The molecule has 0 aromatic carbocycles. The lowest BCUT2D eigenvalue weighted by Crippen LogP contribution is -1.99. The number of aryl methyl sites for hydroxylation is 1. The maximum absolute atomic E-state index is 5.43. The quantitative estimate of drug-likeness (QED) is 0.761. The Balaban J connectivity index is 2.33. The van der Waals surface area contributed by atoms with Crippen LogP contribution in [0.25, 0.3) is 11.5 Å². The summed E-state index contributed by atoms with van der Waals surface area (Å²) in [6.07, 6.45) is 4.91. The van der Waals surface area contributed by atoms with Crippen LogP contribution in [-0.2, 0) is 6.54 Å². The van der Waals surface area contributed by atoms with Crippen molar-refractivity contribution in [3.8, 4) is 11.5 Å². The molecule has 14 heavy (non-hydrogen) atoms. The third kappa shape index (κ3) is 1.62. The fraction of sp³-hybridized carbons (Fsp3) is 0.222. The van der Waals surface area contributed by atoms with E-state index in [-0.39, 0.29) is 0 Å². The van der Waals surface area contributed by atoms with Gasteiger partial charge in [-0.15, -0.1) is 0 Å². The molecule has 0 saturated carbocycles. The number of hydrogen-bond donors (Lipinski definition) is 1. The molecule has 0 aliphatic carbocycles. The lowest BCUT2D eigenvalue weighted by Gasteiger charge is -1.96. The van der Waals surface area contributed by atoms with Gasteiger partial charge in [0, 0.05) is 31.4 Å². The van der Waals surface area contributed by atoms with Crippen LogP contribution in [0.3, 0.4) is 0 Å². The van der Waals surface area contributed by atoms with E-state index in [1.807, 2.05) is 0 Å². The van der Waals surface area contributed by atoms with Gasteiger partial charge in [-0.2, -0.15) is 0 Å². The van der Waals surface area contributed by atoms with Gasteiger partial charge in [-0.25, -0.2) is 15.0 Å². The highest BCUT2D eigenvalue weighted by atomic mass is 16.3. The third-order valence-electron chi connectivity index (χ3n) is 1.79. The molecule has 2 aromatic rings. The molecule has 0 radical (unpaired) electrons. The van der Waals surface area contributed by atoms with Crippen molar-refractivity contribution in [3.63, 3.8) is 0 Å². The molecule has 2 N–H and O–H groups in total. The van der Waals surface area contributed by atoms with Gasteiger partial charge in [0.15, 0.2) is 11.7 Å². The van der Waals surface area contributed by atoms with Crippen molar-refractivity contribution >= 4 is 0 Å². The van der Waals surface area contributed by atoms with Crippen LogP contribution in [0.5, 0.6) is 0 Å². The molecule has 0 fully saturated rings. The van der Waals surface area contributed by atoms with Crippen LogP contribution >= 0.6 is 0 Å². The maximum atomic E-state index is 5.43. The minimum absolute atomic E-state index is 0.443. The molecule has 0 aliphatic heterocycles. The predicted molar refractivity (Wildman–Crippen MR) is 50.2 cm³/mol. The Morgan fingerprint density at radius 3 is 2.57 bits per heavy atom. The topological polar surface area (TPSA) is 77.8 Å². The van der Waals surface area contributed by atoms with E-state index >= 15 is 0 Å². The normalized spacial score (nSPS) is 10.4. The standard InChI is InChI=1S/C9H10N4O/c1-6-13-8(5-14-6)9-11-3-7(2-10)4-12-9/h3-5H,2,10H2,1H3. The maximum Gasteiger partial charge on any atom is 0.191 e. The van der Waals surface area contributed by atoms with Crippen LogP contribution in [0.1, 0.15) is 11.5 Å². The summed E-state index contributed by atoms with van der Waals surface area (Å²) in [5.74, 6) is 1.16. The number of nitrogens with zero attached hydrogens (tertiary/aromatic N) is 3. The first-order valence-electron chi connectivity index (χ1n) is 4.23. The van der Waals surface area contributed by atoms with Crippen LogP contribution in [0.2, 0.25) is 0 Å². The van der Waals surface area contributed by atoms with Crippen LogP contribution < -0.4 is 5.73 Å². The minimum Gasteiger partial charge on any atom is -0.449 e. The predicted octanol–water partition coefficient (Wildman–Crippen LogP) is 0.899. The highest BCUT2D eigenvalue weighted by Gasteiger charge is 2.05. The van der Waals surface area contributed by atoms with Gasteiger partial charge < -0.3 is 10.2 Å². The van der Waals surface area contributed by atoms with E-state index in [4.69, 9.17) is 10.2 Å². The summed E-state index contributed by atoms with van der Waals surface area (Å²) in [7, 11) is 0. The van der Waals surface area contributed by atoms with Crippen LogP contribution in [0.4, 0.5) is 0 Å². The number of rotatable bonds is 2. The summed E-state index contributed by atoms with van der Waals surface area (Å²) in [5, 5.41) is 0. The second-order valence-corrected chi connectivity index (χ2v) is 2.87. The molecule has 0 atom stereocenters. The lowest BCUT2D eigenvalue weighted by atomic mass is 10.3. The zero-order chi connectivity index (χ0) is 9.97. The van der Waals surface area contributed by atoms with Crippen LogP contribution in [-0.4, -0.2) is 15.0 Å². The Morgan fingerprint density at radius 1 is 1.36 bits per heavy atom. The molecular formula is C9H10N4O. The molecule has 2 rings (SSSR count). The molecule has 5 nitrogen and oxygen atoms in total. The van der Waals surface area contributed by atoms with Crippen molar-refractivity contribution in [2.45, 2.75) is 13.5 Å². The summed E-state index contributed by atoms with van der Waals surface area (Å²) in [4.78, 5) is 12.4. The Kier molecular flexibility index (Phi) is 2.24. The molecule has 2 heterocycles. The van der Waals surface area contributed by atoms with Crippen molar-refractivity contribution in [1.82, 2.24) is 15.0 Å². The fourth-order valence-electron chi connectivity index (χ4n) is 1.06. The molecule has 0 saturated heterocycles. The number of aromatic nitrogens is 3. The molecular weight excluding hydrogens is 180 g/mol. The Bertz CT molecular complexity index is 421. The summed E-state index contributed by atoms with van der Waals surface area (Å²) in [6.45, 7) is 2.22. The minimum atomic E-state index is 0.443.